The summed E-state index contributed by atoms with van der Waals surface area (Å²) < 4.78 is 4.48. The Morgan fingerprint density at radius 3 is 2.58 bits per heavy atom. The smallest absolute Gasteiger partial charge is 0.316 e. The Morgan fingerprint density at radius 1 is 1.10 bits per heavy atom. The molecule has 0 unspecified atom stereocenters. The lowest BCUT2D eigenvalue weighted by Crippen LogP contribution is -2.39. The molecule has 9 heteroatoms. The van der Waals surface area contributed by atoms with Gasteiger partial charge in [0.2, 0.25) is 0 Å². The van der Waals surface area contributed by atoms with Crippen molar-refractivity contribution in [1.29, 1.82) is 0 Å². The molecule has 0 N–H and O–H groups in total. The Hall–Kier alpha value is -2.09. The lowest BCUT2D eigenvalue weighted by Gasteiger charge is -2.34. The molecule has 0 amide bonds. The van der Waals surface area contributed by atoms with Crippen LogP contribution in [0.4, 0.5) is 0 Å². The molecule has 1 fully saturated rings. The van der Waals surface area contributed by atoms with Crippen LogP contribution in [-0.2, 0) is 27.2 Å². The second-order valence-corrected chi connectivity index (χ2v) is 9.10. The van der Waals surface area contributed by atoms with Crippen LogP contribution in [0, 0.1) is 0 Å². The number of fused-ring (bicyclic) bond motifs is 1. The van der Waals surface area contributed by atoms with Gasteiger partial charge in [0, 0.05) is 30.2 Å². The van der Waals surface area contributed by atoms with E-state index in [1.165, 1.54) is 24.5 Å². The minimum atomic E-state index is -0.386. The number of rotatable bonds is 5. The second-order valence-electron chi connectivity index (χ2n) is 8.26. The highest BCUT2D eigenvalue weighted by Gasteiger charge is 2.25. The fourth-order valence-electron chi connectivity index (χ4n) is 4.51. The molecule has 1 aliphatic heterocycles. The summed E-state index contributed by atoms with van der Waals surface area (Å²) in [6.07, 6.45) is 4.63. The van der Waals surface area contributed by atoms with Gasteiger partial charge in [0.25, 0.3) is 5.56 Å². The normalized spacial score (nSPS) is 17.5. The first-order valence-corrected chi connectivity index (χ1v) is 11.4. The highest BCUT2D eigenvalue weighted by Crippen LogP contribution is 2.26. The first-order chi connectivity index (χ1) is 14.8. The third-order valence-electron chi connectivity index (χ3n) is 6.34. The average Bonchev–Trinajstić information content (AvgIpc) is 3.11. The minimum Gasteiger partial charge on any atom is -0.316 e. The summed E-state index contributed by atoms with van der Waals surface area (Å²) in [6.45, 7) is 4.20. The lowest BCUT2D eigenvalue weighted by molar-refractivity contribution is 0.131. The highest BCUT2D eigenvalue weighted by molar-refractivity contribution is 6.35. The molecule has 166 valence electrons. The summed E-state index contributed by atoms with van der Waals surface area (Å²) in [4.78, 5) is 32.8. The Balaban J connectivity index is 1.89. The van der Waals surface area contributed by atoms with Crippen molar-refractivity contribution in [2.75, 3.05) is 6.54 Å². The van der Waals surface area contributed by atoms with Gasteiger partial charge < -0.3 is 4.57 Å². The largest absolute Gasteiger partial charge is 0.332 e. The van der Waals surface area contributed by atoms with Gasteiger partial charge in [-0.05, 0) is 43.5 Å². The van der Waals surface area contributed by atoms with Gasteiger partial charge in [-0.2, -0.15) is 0 Å². The molecule has 1 saturated heterocycles. The number of imidazole rings is 1. The number of hydrogen-bond donors (Lipinski definition) is 0. The van der Waals surface area contributed by atoms with E-state index in [2.05, 4.69) is 11.8 Å². The summed E-state index contributed by atoms with van der Waals surface area (Å²) in [5, 5.41) is 1.09. The Morgan fingerprint density at radius 2 is 1.87 bits per heavy atom. The summed E-state index contributed by atoms with van der Waals surface area (Å²) in [6, 6.07) is 5.84. The molecule has 1 atom stereocenters. The first-order valence-electron chi connectivity index (χ1n) is 10.6. The molecule has 0 saturated carbocycles. The van der Waals surface area contributed by atoms with E-state index in [0.717, 1.165) is 35.3 Å². The van der Waals surface area contributed by atoms with Crippen LogP contribution in [0.2, 0.25) is 10.0 Å². The van der Waals surface area contributed by atoms with Gasteiger partial charge in [-0.25, -0.2) is 9.78 Å². The van der Waals surface area contributed by atoms with Crippen molar-refractivity contribution in [3.63, 3.8) is 0 Å². The minimum absolute atomic E-state index is 0.354. The lowest BCUT2D eigenvalue weighted by atomic mass is 10.00. The van der Waals surface area contributed by atoms with E-state index < -0.39 is 0 Å². The van der Waals surface area contributed by atoms with E-state index in [9.17, 15) is 9.59 Å². The summed E-state index contributed by atoms with van der Waals surface area (Å²) in [5.74, 6) is 0.764. The summed E-state index contributed by atoms with van der Waals surface area (Å²) in [5.41, 5.74) is 0.914. The number of nitrogens with zero attached hydrogens (tertiary/aromatic N) is 5. The maximum Gasteiger partial charge on any atom is 0.332 e. The number of aryl methyl sites for hydroxylation is 1. The van der Waals surface area contributed by atoms with Crippen molar-refractivity contribution in [1.82, 2.24) is 23.6 Å². The van der Waals surface area contributed by atoms with E-state index in [1.807, 2.05) is 10.6 Å². The van der Waals surface area contributed by atoms with Gasteiger partial charge in [-0.15, -0.1) is 0 Å². The molecule has 0 spiro atoms. The van der Waals surface area contributed by atoms with Crippen molar-refractivity contribution in [2.24, 2.45) is 14.1 Å². The van der Waals surface area contributed by atoms with Crippen LogP contribution in [0.3, 0.4) is 0 Å². The van der Waals surface area contributed by atoms with Gasteiger partial charge in [-0.1, -0.05) is 42.6 Å². The predicted molar refractivity (Wildman–Crippen MR) is 124 cm³/mol. The van der Waals surface area contributed by atoms with Gasteiger partial charge in [0.1, 0.15) is 5.82 Å². The van der Waals surface area contributed by atoms with Crippen molar-refractivity contribution in [3.8, 4) is 0 Å². The van der Waals surface area contributed by atoms with Crippen LogP contribution in [0.1, 0.15) is 44.0 Å². The van der Waals surface area contributed by atoms with Gasteiger partial charge in [-0.3, -0.25) is 18.8 Å². The Labute approximate surface area is 190 Å². The second kappa shape index (κ2) is 8.81. The topological polar surface area (TPSA) is 65.1 Å². The zero-order chi connectivity index (χ0) is 22.3. The Kier molecular flexibility index (Phi) is 6.28. The number of likely N-dealkylation sites (tertiary alicyclic amines) is 1. The number of halogens is 2. The van der Waals surface area contributed by atoms with Crippen molar-refractivity contribution >= 4 is 34.4 Å². The predicted octanol–water partition coefficient (Wildman–Crippen LogP) is 3.55. The molecule has 31 heavy (non-hydrogen) atoms. The van der Waals surface area contributed by atoms with E-state index in [1.54, 1.807) is 19.2 Å². The summed E-state index contributed by atoms with van der Waals surface area (Å²) in [7, 11) is 3.14. The van der Waals surface area contributed by atoms with Crippen LogP contribution in [0.25, 0.3) is 11.2 Å². The summed E-state index contributed by atoms with van der Waals surface area (Å²) >= 11 is 12.5. The molecular weight excluding hydrogens is 437 g/mol. The SMILES string of the molecule is CC[C@H]1CCCCN1Cc1nc2c(c(=O)n(C)c(=O)n2C)n1Cc1ccc(Cl)cc1Cl. The zero-order valence-corrected chi connectivity index (χ0v) is 19.6. The van der Waals surface area contributed by atoms with E-state index in [-0.39, 0.29) is 11.2 Å². The molecule has 4 rings (SSSR count). The Bertz CT molecular complexity index is 1240. The van der Waals surface area contributed by atoms with Gasteiger partial charge >= 0.3 is 5.69 Å². The fourth-order valence-corrected chi connectivity index (χ4v) is 4.98. The molecule has 0 aliphatic carbocycles. The van der Waals surface area contributed by atoms with Gasteiger partial charge in [0.05, 0.1) is 13.1 Å². The van der Waals surface area contributed by atoms with E-state index >= 15 is 0 Å². The molecule has 7 nitrogen and oxygen atoms in total. The van der Waals surface area contributed by atoms with Crippen LogP contribution in [-0.4, -0.2) is 36.2 Å². The van der Waals surface area contributed by atoms with Crippen molar-refractivity contribution in [3.05, 3.63) is 60.5 Å². The average molecular weight is 464 g/mol. The third-order valence-corrected chi connectivity index (χ3v) is 6.92. The number of aromatic nitrogens is 4. The fraction of sp³-hybridized carbons (Fsp3) is 0.500. The highest BCUT2D eigenvalue weighted by atomic mass is 35.5. The molecule has 1 aromatic carbocycles. The van der Waals surface area contributed by atoms with Crippen molar-refractivity contribution < 1.29 is 0 Å². The maximum atomic E-state index is 13.1. The number of piperidine rings is 1. The quantitative estimate of drug-likeness (QED) is 0.580. The van der Waals surface area contributed by atoms with Crippen molar-refractivity contribution in [2.45, 2.75) is 51.7 Å². The maximum absolute atomic E-state index is 13.1. The molecule has 1 aliphatic rings. The third kappa shape index (κ3) is 4.06. The van der Waals surface area contributed by atoms with E-state index in [0.29, 0.717) is 40.3 Å². The number of benzene rings is 1. The zero-order valence-electron chi connectivity index (χ0n) is 18.1. The van der Waals surface area contributed by atoms with Gasteiger partial charge in [0.15, 0.2) is 11.2 Å². The van der Waals surface area contributed by atoms with Crippen LogP contribution >= 0.6 is 23.2 Å². The molecule has 3 aromatic rings. The monoisotopic (exact) mass is 463 g/mol. The molecular formula is C22H27Cl2N5O2. The van der Waals surface area contributed by atoms with E-state index in [4.69, 9.17) is 28.2 Å². The molecule has 3 heterocycles. The first kappa shape index (κ1) is 22.1. The van der Waals surface area contributed by atoms with Crippen LogP contribution in [0.15, 0.2) is 27.8 Å². The van der Waals surface area contributed by atoms with Crippen LogP contribution in [0.5, 0.6) is 0 Å². The molecule has 2 aromatic heterocycles. The molecule has 0 radical (unpaired) electrons. The number of hydrogen-bond acceptors (Lipinski definition) is 4. The standard InChI is InChI=1S/C22H27Cl2N5O2/c1-4-16-7-5-6-10-28(16)13-18-25-20-19(21(30)27(3)22(31)26(20)2)29(18)12-14-8-9-15(23)11-17(14)24/h8-9,11,16H,4-7,10,12-13H2,1-3H3/t16-/m0/s1. The molecule has 0 bridgehead atoms. The van der Waals surface area contributed by atoms with Crippen LogP contribution < -0.4 is 11.2 Å².